The molecule has 0 bridgehead atoms. The summed E-state index contributed by atoms with van der Waals surface area (Å²) in [4.78, 5) is 15.1. The Labute approximate surface area is 168 Å². The van der Waals surface area contributed by atoms with Crippen LogP contribution in [0, 0.1) is 0 Å². The van der Waals surface area contributed by atoms with E-state index in [4.69, 9.17) is 0 Å². The van der Waals surface area contributed by atoms with Crippen molar-refractivity contribution in [1.82, 2.24) is 0 Å². The van der Waals surface area contributed by atoms with Gasteiger partial charge in [-0.15, -0.1) is 0 Å². The van der Waals surface area contributed by atoms with E-state index in [1.807, 2.05) is 48.5 Å². The lowest BCUT2D eigenvalue weighted by Crippen LogP contribution is -2.21. The Morgan fingerprint density at radius 2 is 1.29 bits per heavy atom. The van der Waals surface area contributed by atoms with E-state index in [9.17, 15) is 4.79 Å². The topological polar surface area (TPSA) is 32.3 Å². The van der Waals surface area contributed by atoms with Crippen LogP contribution in [0.4, 0.5) is 11.4 Å². The average molecular weight is 373 g/mol. The Balaban J connectivity index is 1.72. The fourth-order valence-corrected chi connectivity index (χ4v) is 3.54. The van der Waals surface area contributed by atoms with Crippen LogP contribution in [-0.4, -0.2) is 19.0 Å². The molecule has 0 unspecified atom stereocenters. The highest BCUT2D eigenvalue weighted by Gasteiger charge is 2.18. The molecule has 0 atom stereocenters. The summed E-state index contributed by atoms with van der Waals surface area (Å²) in [6.07, 6.45) is 0.409. The van der Waals surface area contributed by atoms with Crippen LogP contribution in [-0.2, 0) is 4.79 Å². The zero-order valence-electron chi connectivity index (χ0n) is 16.6. The van der Waals surface area contributed by atoms with Crippen molar-refractivity contribution >= 4 is 17.3 Å². The second-order valence-corrected chi connectivity index (χ2v) is 6.85. The highest BCUT2D eigenvalue weighted by atomic mass is 16.1. The van der Waals surface area contributed by atoms with Gasteiger partial charge in [-0.1, -0.05) is 60.7 Å². The van der Waals surface area contributed by atoms with Crippen molar-refractivity contribution in [3.63, 3.8) is 0 Å². The molecule has 0 aliphatic heterocycles. The molecule has 0 aliphatic rings. The predicted molar refractivity (Wildman–Crippen MR) is 118 cm³/mol. The van der Waals surface area contributed by atoms with Crippen LogP contribution in [0.1, 0.15) is 37.3 Å². The number of nitrogens with one attached hydrogen (secondary N) is 1. The SMILES string of the molecule is CCN(CC)c1ccc(NC(=O)CC(c2ccccc2)c2ccccc2)cc1. The normalized spacial score (nSPS) is 10.7. The molecule has 0 aliphatic carbocycles. The third-order valence-electron chi connectivity index (χ3n) is 5.07. The van der Waals surface area contributed by atoms with Crippen LogP contribution in [0.3, 0.4) is 0 Å². The van der Waals surface area contributed by atoms with Gasteiger partial charge in [-0.3, -0.25) is 4.79 Å². The zero-order valence-corrected chi connectivity index (χ0v) is 16.6. The molecule has 144 valence electrons. The maximum absolute atomic E-state index is 12.8. The molecule has 3 aromatic carbocycles. The summed E-state index contributed by atoms with van der Waals surface area (Å²) in [7, 11) is 0. The molecule has 0 saturated heterocycles. The van der Waals surface area contributed by atoms with Gasteiger partial charge in [-0.05, 0) is 49.2 Å². The molecule has 3 rings (SSSR count). The summed E-state index contributed by atoms with van der Waals surface area (Å²) in [6.45, 7) is 6.23. The van der Waals surface area contributed by atoms with Crippen molar-refractivity contribution in [1.29, 1.82) is 0 Å². The smallest absolute Gasteiger partial charge is 0.225 e. The van der Waals surface area contributed by atoms with Crippen LogP contribution in [0.25, 0.3) is 0 Å². The summed E-state index contributed by atoms with van der Waals surface area (Å²) in [5, 5.41) is 3.06. The van der Waals surface area contributed by atoms with Gasteiger partial charge in [0.1, 0.15) is 0 Å². The van der Waals surface area contributed by atoms with E-state index < -0.39 is 0 Å². The predicted octanol–water partition coefficient (Wildman–Crippen LogP) is 5.69. The van der Waals surface area contributed by atoms with Gasteiger partial charge in [0, 0.05) is 36.8 Å². The number of hydrogen-bond donors (Lipinski definition) is 1. The van der Waals surface area contributed by atoms with Gasteiger partial charge in [0.25, 0.3) is 0 Å². The van der Waals surface area contributed by atoms with E-state index in [1.54, 1.807) is 0 Å². The Kier molecular flexibility index (Phi) is 6.85. The van der Waals surface area contributed by atoms with E-state index >= 15 is 0 Å². The number of carbonyl (C=O) groups is 1. The molecule has 0 spiro atoms. The van der Waals surface area contributed by atoms with Gasteiger partial charge in [-0.25, -0.2) is 0 Å². The lowest BCUT2D eigenvalue weighted by atomic mass is 9.88. The highest BCUT2D eigenvalue weighted by molar-refractivity contribution is 5.91. The van der Waals surface area contributed by atoms with Gasteiger partial charge in [0.2, 0.25) is 5.91 Å². The molecular formula is C25H28N2O. The summed E-state index contributed by atoms with van der Waals surface area (Å²) < 4.78 is 0. The first-order chi connectivity index (χ1) is 13.7. The largest absolute Gasteiger partial charge is 0.372 e. The van der Waals surface area contributed by atoms with E-state index in [1.165, 1.54) is 5.69 Å². The zero-order chi connectivity index (χ0) is 19.8. The quantitative estimate of drug-likeness (QED) is 0.550. The van der Waals surface area contributed by atoms with Crippen LogP contribution in [0.2, 0.25) is 0 Å². The minimum atomic E-state index is 0.0216. The molecule has 3 aromatic rings. The fourth-order valence-electron chi connectivity index (χ4n) is 3.54. The number of anilines is 2. The molecule has 0 radical (unpaired) electrons. The summed E-state index contributed by atoms with van der Waals surface area (Å²) in [5.74, 6) is 0.0608. The average Bonchev–Trinajstić information content (AvgIpc) is 2.75. The lowest BCUT2D eigenvalue weighted by molar-refractivity contribution is -0.116. The number of nitrogens with zero attached hydrogens (tertiary/aromatic N) is 1. The summed E-state index contributed by atoms with van der Waals surface area (Å²) in [5.41, 5.74) is 4.32. The third kappa shape index (κ3) is 5.01. The van der Waals surface area contributed by atoms with Gasteiger partial charge < -0.3 is 10.2 Å². The van der Waals surface area contributed by atoms with Crippen molar-refractivity contribution in [3.05, 3.63) is 96.1 Å². The van der Waals surface area contributed by atoms with E-state index in [2.05, 4.69) is 60.5 Å². The number of benzene rings is 3. The van der Waals surface area contributed by atoms with Crippen molar-refractivity contribution in [2.45, 2.75) is 26.2 Å². The molecule has 0 saturated carbocycles. The number of amides is 1. The molecule has 0 heterocycles. The molecule has 3 nitrogen and oxygen atoms in total. The van der Waals surface area contributed by atoms with E-state index in [0.717, 1.165) is 29.9 Å². The first-order valence-electron chi connectivity index (χ1n) is 9.96. The standard InChI is InChI=1S/C25H28N2O/c1-3-27(4-2)23-17-15-22(16-18-23)26-25(28)19-24(20-11-7-5-8-12-20)21-13-9-6-10-14-21/h5-18,24H,3-4,19H2,1-2H3,(H,26,28). The Hall–Kier alpha value is -3.07. The molecular weight excluding hydrogens is 344 g/mol. The number of rotatable bonds is 8. The van der Waals surface area contributed by atoms with Crippen LogP contribution < -0.4 is 10.2 Å². The van der Waals surface area contributed by atoms with Gasteiger partial charge in [-0.2, -0.15) is 0 Å². The van der Waals surface area contributed by atoms with Crippen LogP contribution in [0.15, 0.2) is 84.9 Å². The van der Waals surface area contributed by atoms with Crippen LogP contribution >= 0.6 is 0 Å². The van der Waals surface area contributed by atoms with Gasteiger partial charge >= 0.3 is 0 Å². The van der Waals surface area contributed by atoms with Gasteiger partial charge in [0.15, 0.2) is 0 Å². The van der Waals surface area contributed by atoms with Crippen molar-refractivity contribution in [2.75, 3.05) is 23.3 Å². The molecule has 1 N–H and O–H groups in total. The van der Waals surface area contributed by atoms with Crippen LogP contribution in [0.5, 0.6) is 0 Å². The minimum Gasteiger partial charge on any atom is -0.372 e. The second-order valence-electron chi connectivity index (χ2n) is 6.85. The first-order valence-corrected chi connectivity index (χ1v) is 9.96. The van der Waals surface area contributed by atoms with Crippen molar-refractivity contribution < 1.29 is 4.79 Å². The van der Waals surface area contributed by atoms with Crippen molar-refractivity contribution in [2.24, 2.45) is 0 Å². The molecule has 3 heteroatoms. The molecule has 28 heavy (non-hydrogen) atoms. The number of hydrogen-bond acceptors (Lipinski definition) is 2. The fraction of sp³-hybridized carbons (Fsp3) is 0.240. The Morgan fingerprint density at radius 1 is 0.786 bits per heavy atom. The Bertz CT molecular complexity index is 817. The highest BCUT2D eigenvalue weighted by Crippen LogP contribution is 2.28. The van der Waals surface area contributed by atoms with Gasteiger partial charge in [0.05, 0.1) is 0 Å². The van der Waals surface area contributed by atoms with E-state index in [-0.39, 0.29) is 11.8 Å². The molecule has 1 amide bonds. The minimum absolute atomic E-state index is 0.0216. The second kappa shape index (κ2) is 9.75. The molecule has 0 aromatic heterocycles. The van der Waals surface area contributed by atoms with E-state index in [0.29, 0.717) is 6.42 Å². The van der Waals surface area contributed by atoms with Crippen molar-refractivity contribution in [3.8, 4) is 0 Å². The number of carbonyl (C=O) groups excluding carboxylic acids is 1. The molecule has 0 fully saturated rings. The third-order valence-corrected chi connectivity index (χ3v) is 5.07. The maximum Gasteiger partial charge on any atom is 0.225 e. The summed E-state index contributed by atoms with van der Waals surface area (Å²) in [6, 6.07) is 28.5. The maximum atomic E-state index is 12.8. The Morgan fingerprint density at radius 3 is 1.75 bits per heavy atom. The lowest BCUT2D eigenvalue weighted by Gasteiger charge is -2.21. The summed E-state index contributed by atoms with van der Waals surface area (Å²) >= 11 is 0. The first kappa shape index (κ1) is 19.7. The monoisotopic (exact) mass is 372 g/mol.